The Kier molecular flexibility index (Phi) is 7.37. The molecule has 0 fully saturated rings. The number of nitrogens with one attached hydrogen (secondary N) is 1. The number of aryl methyl sites for hydroxylation is 1. The quantitative estimate of drug-likeness (QED) is 0.474. The molecule has 3 aromatic rings. The summed E-state index contributed by atoms with van der Waals surface area (Å²) >= 11 is 0. The number of fused-ring (bicyclic) bond motifs is 1. The molecule has 3 rings (SSSR count). The zero-order valence-corrected chi connectivity index (χ0v) is 19.0. The van der Waals surface area contributed by atoms with E-state index in [1.165, 1.54) is 6.07 Å². The number of amides is 1. The molecule has 2 aromatic carbocycles. The van der Waals surface area contributed by atoms with E-state index in [4.69, 9.17) is 13.9 Å². The molecule has 1 atom stereocenters. The first-order valence-electron chi connectivity index (χ1n) is 10.6. The summed E-state index contributed by atoms with van der Waals surface area (Å²) in [5, 5.41) is 12.5. The molecule has 0 aliphatic carbocycles. The van der Waals surface area contributed by atoms with Crippen LogP contribution < -0.4 is 20.4 Å². The first kappa shape index (κ1) is 23.8. The van der Waals surface area contributed by atoms with Gasteiger partial charge in [0.15, 0.2) is 6.61 Å². The third kappa shape index (κ3) is 5.71. The third-order valence-corrected chi connectivity index (χ3v) is 5.21. The van der Waals surface area contributed by atoms with Crippen molar-refractivity contribution in [2.45, 2.75) is 33.2 Å². The van der Waals surface area contributed by atoms with Crippen molar-refractivity contribution < 1.29 is 28.6 Å². The summed E-state index contributed by atoms with van der Waals surface area (Å²) in [4.78, 5) is 35.9. The maximum Gasteiger partial charge on any atom is 0.336 e. The highest BCUT2D eigenvalue weighted by Crippen LogP contribution is 2.33. The zero-order chi connectivity index (χ0) is 24.1. The lowest BCUT2D eigenvalue weighted by Crippen LogP contribution is -2.43. The van der Waals surface area contributed by atoms with Crippen molar-refractivity contribution in [3.8, 4) is 22.6 Å². The fraction of sp³-hybridized carbons (Fsp3) is 0.320. The van der Waals surface area contributed by atoms with E-state index in [1.54, 1.807) is 26.2 Å². The SMILES string of the molecule is COc1ccc(-c2cc(=O)oc3c(C)c(OCC(=O)N[C@@H](CC(C)C)C(=O)O)ccc23)cc1. The van der Waals surface area contributed by atoms with Crippen LogP contribution in [0.25, 0.3) is 22.1 Å². The van der Waals surface area contributed by atoms with Gasteiger partial charge in [0, 0.05) is 17.0 Å². The number of methoxy groups -OCH3 is 1. The average Bonchev–Trinajstić information content (AvgIpc) is 2.77. The van der Waals surface area contributed by atoms with Crippen molar-refractivity contribution in [1.29, 1.82) is 0 Å². The van der Waals surface area contributed by atoms with Gasteiger partial charge >= 0.3 is 11.6 Å². The van der Waals surface area contributed by atoms with Crippen molar-refractivity contribution in [3.05, 3.63) is 58.4 Å². The van der Waals surface area contributed by atoms with Gasteiger partial charge in [0.1, 0.15) is 23.1 Å². The van der Waals surface area contributed by atoms with Crippen molar-refractivity contribution in [3.63, 3.8) is 0 Å². The van der Waals surface area contributed by atoms with Crippen molar-refractivity contribution in [1.82, 2.24) is 5.32 Å². The molecule has 0 spiro atoms. The number of hydrogen-bond acceptors (Lipinski definition) is 6. The average molecular weight is 453 g/mol. The molecule has 8 heteroatoms. The number of rotatable bonds is 9. The number of hydrogen-bond donors (Lipinski definition) is 2. The van der Waals surface area contributed by atoms with E-state index in [-0.39, 0.29) is 12.5 Å². The molecule has 174 valence electrons. The second-order valence-corrected chi connectivity index (χ2v) is 8.15. The third-order valence-electron chi connectivity index (χ3n) is 5.21. The minimum absolute atomic E-state index is 0.109. The predicted molar refractivity (Wildman–Crippen MR) is 124 cm³/mol. The fourth-order valence-electron chi connectivity index (χ4n) is 3.58. The number of benzene rings is 2. The van der Waals surface area contributed by atoms with Crippen LogP contribution in [0.5, 0.6) is 11.5 Å². The molecular formula is C25H27NO7. The van der Waals surface area contributed by atoms with Crippen LogP contribution in [0.15, 0.2) is 51.7 Å². The first-order valence-corrected chi connectivity index (χ1v) is 10.6. The lowest BCUT2D eigenvalue weighted by atomic mass is 10.00. The van der Waals surface area contributed by atoms with Gasteiger partial charge in [-0.25, -0.2) is 9.59 Å². The molecule has 0 saturated carbocycles. The zero-order valence-electron chi connectivity index (χ0n) is 19.0. The lowest BCUT2D eigenvalue weighted by molar-refractivity contribution is -0.142. The molecule has 0 saturated heterocycles. The van der Waals surface area contributed by atoms with E-state index in [1.807, 2.05) is 38.1 Å². The van der Waals surface area contributed by atoms with E-state index in [0.717, 1.165) is 10.9 Å². The Hall–Kier alpha value is -3.81. The number of carboxylic acids is 1. The summed E-state index contributed by atoms with van der Waals surface area (Å²) in [6.07, 6.45) is 0.315. The van der Waals surface area contributed by atoms with Crippen LogP contribution in [0.3, 0.4) is 0 Å². The Balaban J connectivity index is 1.84. The Bertz CT molecular complexity index is 1210. The predicted octanol–water partition coefficient (Wildman–Crippen LogP) is 3.77. The molecule has 2 N–H and O–H groups in total. The van der Waals surface area contributed by atoms with Crippen molar-refractivity contribution >= 4 is 22.8 Å². The smallest absolute Gasteiger partial charge is 0.336 e. The van der Waals surface area contributed by atoms with E-state index < -0.39 is 23.5 Å². The second kappa shape index (κ2) is 10.2. The highest BCUT2D eigenvalue weighted by atomic mass is 16.5. The highest BCUT2D eigenvalue weighted by molar-refractivity contribution is 5.95. The summed E-state index contributed by atoms with van der Waals surface area (Å²) in [5.74, 6) is -0.460. The van der Waals surface area contributed by atoms with Gasteiger partial charge in [-0.3, -0.25) is 4.79 Å². The largest absolute Gasteiger partial charge is 0.497 e. The number of carbonyl (C=O) groups excluding carboxylic acids is 1. The molecule has 0 radical (unpaired) electrons. The van der Waals surface area contributed by atoms with E-state index >= 15 is 0 Å². The molecule has 8 nitrogen and oxygen atoms in total. The van der Waals surface area contributed by atoms with Gasteiger partial charge in [0.25, 0.3) is 5.91 Å². The minimum Gasteiger partial charge on any atom is -0.497 e. The van der Waals surface area contributed by atoms with E-state index in [0.29, 0.717) is 34.6 Å². The normalized spacial score (nSPS) is 11.9. The monoisotopic (exact) mass is 453 g/mol. The summed E-state index contributed by atoms with van der Waals surface area (Å²) in [7, 11) is 1.58. The highest BCUT2D eigenvalue weighted by Gasteiger charge is 2.21. The number of ether oxygens (including phenoxy) is 2. The van der Waals surface area contributed by atoms with Gasteiger partial charge in [0.2, 0.25) is 0 Å². The molecule has 1 aromatic heterocycles. The van der Waals surface area contributed by atoms with Crippen LogP contribution in [-0.2, 0) is 9.59 Å². The Morgan fingerprint density at radius 3 is 2.42 bits per heavy atom. The van der Waals surface area contributed by atoms with Gasteiger partial charge < -0.3 is 24.3 Å². The molecule has 1 heterocycles. The molecule has 0 aliphatic rings. The topological polar surface area (TPSA) is 115 Å². The molecular weight excluding hydrogens is 426 g/mol. The summed E-state index contributed by atoms with van der Waals surface area (Å²) < 4.78 is 16.3. The van der Waals surface area contributed by atoms with Crippen LogP contribution in [-0.4, -0.2) is 36.7 Å². The van der Waals surface area contributed by atoms with Crippen molar-refractivity contribution in [2.24, 2.45) is 5.92 Å². The van der Waals surface area contributed by atoms with Crippen LogP contribution >= 0.6 is 0 Å². The lowest BCUT2D eigenvalue weighted by Gasteiger charge is -2.17. The van der Waals surface area contributed by atoms with Gasteiger partial charge in [-0.2, -0.15) is 0 Å². The Morgan fingerprint density at radius 1 is 1.12 bits per heavy atom. The minimum atomic E-state index is -1.09. The molecule has 0 unspecified atom stereocenters. The first-order chi connectivity index (χ1) is 15.7. The van der Waals surface area contributed by atoms with Gasteiger partial charge in [0.05, 0.1) is 7.11 Å². The Labute approximate surface area is 191 Å². The molecule has 1 amide bonds. The number of carbonyl (C=O) groups is 2. The van der Waals surface area contributed by atoms with Crippen LogP contribution in [0.4, 0.5) is 0 Å². The maximum atomic E-state index is 12.3. The number of carboxylic acid groups (broad SMARTS) is 1. The molecule has 0 bridgehead atoms. The van der Waals surface area contributed by atoms with Gasteiger partial charge in [-0.1, -0.05) is 26.0 Å². The molecule has 0 aliphatic heterocycles. The molecule has 33 heavy (non-hydrogen) atoms. The summed E-state index contributed by atoms with van der Waals surface area (Å²) in [6.45, 7) is 5.13. The fourth-order valence-corrected chi connectivity index (χ4v) is 3.58. The Morgan fingerprint density at radius 2 is 1.82 bits per heavy atom. The van der Waals surface area contributed by atoms with Gasteiger partial charge in [-0.15, -0.1) is 0 Å². The van der Waals surface area contributed by atoms with Crippen LogP contribution in [0, 0.1) is 12.8 Å². The summed E-state index contributed by atoms with van der Waals surface area (Å²) in [6, 6.07) is 11.2. The van der Waals surface area contributed by atoms with E-state index in [2.05, 4.69) is 5.32 Å². The maximum absolute atomic E-state index is 12.3. The second-order valence-electron chi connectivity index (χ2n) is 8.15. The van der Waals surface area contributed by atoms with Gasteiger partial charge in [-0.05, 0) is 54.7 Å². The standard InChI is InChI=1S/C25H27NO7/c1-14(2)11-20(25(29)30)26-22(27)13-32-21-10-9-18-19(12-23(28)33-24(18)15(21)3)16-5-7-17(31-4)8-6-16/h5-10,12,14,20H,11,13H2,1-4H3,(H,26,27)(H,29,30)/t20-/m0/s1. The van der Waals surface area contributed by atoms with Crippen molar-refractivity contribution in [2.75, 3.05) is 13.7 Å². The van der Waals surface area contributed by atoms with Crippen LogP contribution in [0.2, 0.25) is 0 Å². The van der Waals surface area contributed by atoms with Crippen LogP contribution in [0.1, 0.15) is 25.8 Å². The van der Waals surface area contributed by atoms with E-state index in [9.17, 15) is 19.5 Å². The summed E-state index contributed by atoms with van der Waals surface area (Å²) in [5.41, 5.74) is 1.93. The number of aliphatic carboxylic acids is 1.